The Morgan fingerprint density at radius 2 is 2.06 bits per heavy atom. The quantitative estimate of drug-likeness (QED) is 0.568. The predicted molar refractivity (Wildman–Crippen MR) is 57.9 cm³/mol. The second kappa shape index (κ2) is 3.37. The van der Waals surface area contributed by atoms with Crippen molar-refractivity contribution in [3.8, 4) is 5.69 Å². The summed E-state index contributed by atoms with van der Waals surface area (Å²) in [6.07, 6.45) is 1.42. The molecule has 0 fully saturated rings. The van der Waals surface area contributed by atoms with Gasteiger partial charge in [0.15, 0.2) is 0 Å². The molecule has 0 bridgehead atoms. The highest BCUT2D eigenvalue weighted by Crippen LogP contribution is 2.11. The van der Waals surface area contributed by atoms with Crippen molar-refractivity contribution in [2.75, 3.05) is 0 Å². The van der Waals surface area contributed by atoms with Crippen LogP contribution in [-0.4, -0.2) is 30.2 Å². The molecule has 0 amide bonds. The number of H-pyrrole nitrogens is 2. The Balaban J connectivity index is 2.34. The molecule has 2 N–H and O–H groups in total. The monoisotopic (exact) mass is 230 g/mol. The molecular formula is C9H6N6O2. The molecule has 1 aromatic carbocycles. The number of hydrogen-bond donors (Lipinski definition) is 2. The number of fused-ring (bicyclic) bond motifs is 1. The SMILES string of the molecule is O=c1[nH]c(=O)c2cc(-n3cnnn3)ccc2[nH]1. The molecule has 0 unspecified atom stereocenters. The molecule has 2 heterocycles. The van der Waals surface area contributed by atoms with E-state index in [2.05, 4.69) is 25.5 Å². The first-order valence-corrected chi connectivity index (χ1v) is 4.74. The molecule has 0 aliphatic carbocycles. The lowest BCUT2D eigenvalue weighted by Crippen LogP contribution is -2.21. The van der Waals surface area contributed by atoms with Gasteiger partial charge in [0.05, 0.1) is 16.6 Å². The summed E-state index contributed by atoms with van der Waals surface area (Å²) < 4.78 is 1.42. The molecule has 8 heteroatoms. The van der Waals surface area contributed by atoms with Crippen molar-refractivity contribution in [2.24, 2.45) is 0 Å². The topological polar surface area (TPSA) is 109 Å². The second-order valence-corrected chi connectivity index (χ2v) is 3.39. The van der Waals surface area contributed by atoms with Crippen LogP contribution in [0.25, 0.3) is 16.6 Å². The number of nitrogens with one attached hydrogen (secondary N) is 2. The van der Waals surface area contributed by atoms with Crippen molar-refractivity contribution in [1.29, 1.82) is 0 Å². The van der Waals surface area contributed by atoms with Crippen LogP contribution in [0, 0.1) is 0 Å². The molecule has 17 heavy (non-hydrogen) atoms. The fourth-order valence-electron chi connectivity index (χ4n) is 1.58. The van der Waals surface area contributed by atoms with E-state index in [1.807, 2.05) is 0 Å². The lowest BCUT2D eigenvalue weighted by atomic mass is 10.2. The minimum atomic E-state index is -0.530. The van der Waals surface area contributed by atoms with E-state index in [-0.39, 0.29) is 0 Å². The molecule has 0 radical (unpaired) electrons. The Labute approximate surface area is 92.9 Å². The third-order valence-electron chi connectivity index (χ3n) is 2.34. The van der Waals surface area contributed by atoms with Crippen LogP contribution in [0.1, 0.15) is 0 Å². The summed E-state index contributed by atoms with van der Waals surface area (Å²) in [5, 5.41) is 11.1. The summed E-state index contributed by atoms with van der Waals surface area (Å²) in [7, 11) is 0. The second-order valence-electron chi connectivity index (χ2n) is 3.39. The number of aromatic amines is 2. The fraction of sp³-hybridized carbons (Fsp3) is 0. The Morgan fingerprint density at radius 3 is 2.82 bits per heavy atom. The average Bonchev–Trinajstić information content (AvgIpc) is 2.82. The van der Waals surface area contributed by atoms with Gasteiger partial charge in [0.25, 0.3) is 5.56 Å². The molecule has 3 aromatic rings. The molecule has 84 valence electrons. The normalized spacial score (nSPS) is 10.8. The van der Waals surface area contributed by atoms with Crippen LogP contribution < -0.4 is 11.2 Å². The first kappa shape index (κ1) is 9.46. The summed E-state index contributed by atoms with van der Waals surface area (Å²) >= 11 is 0. The van der Waals surface area contributed by atoms with E-state index in [1.165, 1.54) is 11.0 Å². The third-order valence-corrected chi connectivity index (χ3v) is 2.34. The highest BCUT2D eigenvalue weighted by molar-refractivity contribution is 5.79. The molecule has 0 aliphatic rings. The lowest BCUT2D eigenvalue weighted by molar-refractivity contribution is 0.789. The maximum Gasteiger partial charge on any atom is 0.326 e. The number of nitrogens with zero attached hydrogens (tertiary/aromatic N) is 4. The summed E-state index contributed by atoms with van der Waals surface area (Å²) in [5.74, 6) is 0. The number of tetrazole rings is 1. The van der Waals surface area contributed by atoms with Gasteiger partial charge in [0.2, 0.25) is 0 Å². The van der Waals surface area contributed by atoms with Crippen LogP contribution in [0.3, 0.4) is 0 Å². The highest BCUT2D eigenvalue weighted by atomic mass is 16.2. The summed E-state index contributed by atoms with van der Waals surface area (Å²) in [6.45, 7) is 0. The lowest BCUT2D eigenvalue weighted by Gasteiger charge is -2.00. The van der Waals surface area contributed by atoms with Crippen LogP contribution in [0.4, 0.5) is 0 Å². The van der Waals surface area contributed by atoms with Crippen molar-refractivity contribution >= 4 is 10.9 Å². The van der Waals surface area contributed by atoms with E-state index in [1.54, 1.807) is 18.2 Å². The molecule has 2 aromatic heterocycles. The van der Waals surface area contributed by atoms with Crippen LogP contribution >= 0.6 is 0 Å². The number of rotatable bonds is 1. The molecular weight excluding hydrogens is 224 g/mol. The van der Waals surface area contributed by atoms with Gasteiger partial charge in [-0.1, -0.05) is 0 Å². The Bertz CT molecular complexity index is 785. The van der Waals surface area contributed by atoms with Crippen LogP contribution in [0.2, 0.25) is 0 Å². The van der Waals surface area contributed by atoms with Crippen LogP contribution in [0.15, 0.2) is 34.1 Å². The smallest absolute Gasteiger partial charge is 0.307 e. The number of hydrogen-bond acceptors (Lipinski definition) is 5. The van der Waals surface area contributed by atoms with Crippen molar-refractivity contribution in [3.05, 3.63) is 45.4 Å². The van der Waals surface area contributed by atoms with E-state index >= 15 is 0 Å². The van der Waals surface area contributed by atoms with Crippen LogP contribution in [-0.2, 0) is 0 Å². The molecule has 0 saturated carbocycles. The van der Waals surface area contributed by atoms with Crippen molar-refractivity contribution < 1.29 is 0 Å². The van der Waals surface area contributed by atoms with Gasteiger partial charge in [-0.05, 0) is 28.6 Å². The molecule has 0 saturated heterocycles. The molecule has 3 rings (SSSR count). The minimum Gasteiger partial charge on any atom is -0.307 e. The standard InChI is InChI=1S/C9H6N6O2/c16-8-6-3-5(15-4-10-13-14-15)1-2-7(6)11-9(17)12-8/h1-4H,(H2,11,12,16,17). The van der Waals surface area contributed by atoms with Crippen molar-refractivity contribution in [2.45, 2.75) is 0 Å². The van der Waals surface area contributed by atoms with Crippen molar-refractivity contribution in [1.82, 2.24) is 30.2 Å². The average molecular weight is 230 g/mol. The zero-order valence-electron chi connectivity index (χ0n) is 8.41. The van der Waals surface area contributed by atoms with Gasteiger partial charge in [-0.3, -0.25) is 9.78 Å². The first-order chi connectivity index (χ1) is 8.24. The van der Waals surface area contributed by atoms with E-state index < -0.39 is 11.2 Å². The van der Waals surface area contributed by atoms with Gasteiger partial charge in [0, 0.05) is 0 Å². The maximum atomic E-state index is 11.6. The summed E-state index contributed by atoms with van der Waals surface area (Å²) in [5.41, 5.74) is 0.131. The first-order valence-electron chi connectivity index (χ1n) is 4.74. The number of benzene rings is 1. The van der Waals surface area contributed by atoms with Gasteiger partial charge in [-0.25, -0.2) is 9.48 Å². The maximum absolute atomic E-state index is 11.6. The predicted octanol–water partition coefficient (Wildman–Crippen LogP) is -0.808. The van der Waals surface area contributed by atoms with E-state index in [9.17, 15) is 9.59 Å². The third kappa shape index (κ3) is 1.51. The van der Waals surface area contributed by atoms with Gasteiger partial charge in [0.1, 0.15) is 6.33 Å². The van der Waals surface area contributed by atoms with Gasteiger partial charge < -0.3 is 4.98 Å². The van der Waals surface area contributed by atoms with E-state index in [0.717, 1.165) is 0 Å². The van der Waals surface area contributed by atoms with E-state index in [4.69, 9.17) is 0 Å². The minimum absolute atomic E-state index is 0.373. The van der Waals surface area contributed by atoms with Crippen molar-refractivity contribution in [3.63, 3.8) is 0 Å². The highest BCUT2D eigenvalue weighted by Gasteiger charge is 2.04. The largest absolute Gasteiger partial charge is 0.326 e. The number of aromatic nitrogens is 6. The van der Waals surface area contributed by atoms with E-state index in [0.29, 0.717) is 16.6 Å². The fourth-order valence-corrected chi connectivity index (χ4v) is 1.58. The van der Waals surface area contributed by atoms with Gasteiger partial charge in [-0.15, -0.1) is 5.10 Å². The molecule has 0 aliphatic heterocycles. The molecule has 0 spiro atoms. The Morgan fingerprint density at radius 1 is 1.18 bits per heavy atom. The zero-order chi connectivity index (χ0) is 11.8. The molecule has 8 nitrogen and oxygen atoms in total. The summed E-state index contributed by atoms with van der Waals surface area (Å²) in [4.78, 5) is 27.3. The van der Waals surface area contributed by atoms with Crippen LogP contribution in [0.5, 0.6) is 0 Å². The van der Waals surface area contributed by atoms with Gasteiger partial charge in [-0.2, -0.15) is 0 Å². The van der Waals surface area contributed by atoms with Gasteiger partial charge >= 0.3 is 5.69 Å². The Kier molecular flexibility index (Phi) is 1.87. The molecule has 0 atom stereocenters. The summed E-state index contributed by atoms with van der Waals surface area (Å²) in [6, 6.07) is 4.93. The zero-order valence-corrected chi connectivity index (χ0v) is 8.41. The Hall–Kier alpha value is -2.77.